The van der Waals surface area contributed by atoms with Crippen LogP contribution in [0.2, 0.25) is 5.02 Å². The Hall–Kier alpha value is -1.53. The minimum Gasteiger partial charge on any atom is -0.493 e. The maximum absolute atomic E-state index is 14.5. The van der Waals surface area contributed by atoms with Crippen LogP contribution in [0.25, 0.3) is 11.1 Å². The fourth-order valence-electron chi connectivity index (χ4n) is 2.19. The summed E-state index contributed by atoms with van der Waals surface area (Å²) in [5, 5.41) is -0.735. The van der Waals surface area contributed by atoms with Gasteiger partial charge < -0.3 is 4.74 Å². The summed E-state index contributed by atoms with van der Waals surface area (Å²) in [6.45, 7) is 3.57. The maximum atomic E-state index is 14.5. The zero-order valence-corrected chi connectivity index (χ0v) is 14.2. The van der Waals surface area contributed by atoms with Gasteiger partial charge in [0.1, 0.15) is 11.4 Å². The van der Waals surface area contributed by atoms with E-state index < -0.39 is 23.1 Å². The highest BCUT2D eigenvalue weighted by molar-refractivity contribution is 6.31. The molecule has 1 unspecified atom stereocenters. The number of hydrogen-bond acceptors (Lipinski definition) is 2. The Balaban J connectivity index is 2.68. The number of alkyl halides is 4. The zero-order chi connectivity index (χ0) is 18.1. The van der Waals surface area contributed by atoms with E-state index in [0.29, 0.717) is 5.56 Å². The Labute approximate surface area is 146 Å². The Morgan fingerprint density at radius 1 is 1.29 bits per heavy atom. The fourth-order valence-corrected chi connectivity index (χ4v) is 2.57. The van der Waals surface area contributed by atoms with E-state index in [1.165, 1.54) is 6.07 Å². The second kappa shape index (κ2) is 7.15. The van der Waals surface area contributed by atoms with Crippen molar-refractivity contribution in [2.24, 2.45) is 0 Å². The predicted molar refractivity (Wildman–Crippen MR) is 85.1 cm³/mol. The number of benzene rings is 1. The van der Waals surface area contributed by atoms with Gasteiger partial charge in [0.2, 0.25) is 0 Å². The first-order valence-electron chi connectivity index (χ1n) is 6.99. The molecule has 2 nitrogen and oxygen atoms in total. The minimum absolute atomic E-state index is 0.0620. The molecular weight excluding hydrogens is 369 g/mol. The third kappa shape index (κ3) is 3.75. The monoisotopic (exact) mass is 381 g/mol. The van der Waals surface area contributed by atoms with Crippen LogP contribution in [0.4, 0.5) is 17.6 Å². The summed E-state index contributed by atoms with van der Waals surface area (Å²) in [5.74, 6) is -0.661. The number of hydrogen-bond donors (Lipinski definition) is 0. The molecule has 0 radical (unpaired) electrons. The Morgan fingerprint density at radius 2 is 1.96 bits per heavy atom. The molecule has 130 valence electrons. The van der Waals surface area contributed by atoms with E-state index in [1.54, 1.807) is 13.8 Å². The molecule has 0 saturated carbocycles. The molecule has 1 atom stereocenters. The second-order valence-corrected chi connectivity index (χ2v) is 6.01. The Bertz CT molecular complexity index is 730. The smallest absolute Gasteiger partial charge is 0.433 e. The number of rotatable bonds is 4. The van der Waals surface area contributed by atoms with Gasteiger partial charge >= 0.3 is 6.18 Å². The Kier molecular flexibility index (Phi) is 5.60. The van der Waals surface area contributed by atoms with Gasteiger partial charge in [0.05, 0.1) is 22.6 Å². The van der Waals surface area contributed by atoms with Crippen LogP contribution in [0.5, 0.6) is 5.75 Å². The number of halogens is 6. The lowest BCUT2D eigenvalue weighted by atomic mass is 10.00. The topological polar surface area (TPSA) is 22.1 Å². The molecule has 1 heterocycles. The first-order chi connectivity index (χ1) is 11.2. The van der Waals surface area contributed by atoms with Crippen molar-refractivity contribution >= 4 is 23.2 Å². The van der Waals surface area contributed by atoms with Gasteiger partial charge in [-0.1, -0.05) is 17.7 Å². The molecule has 0 saturated heterocycles. The van der Waals surface area contributed by atoms with Crippen LogP contribution in [-0.4, -0.2) is 11.6 Å². The van der Waals surface area contributed by atoms with Crippen LogP contribution in [0.3, 0.4) is 0 Å². The highest BCUT2D eigenvalue weighted by Crippen LogP contribution is 2.43. The molecule has 1 aromatic carbocycles. The second-order valence-electron chi connectivity index (χ2n) is 4.94. The van der Waals surface area contributed by atoms with Crippen molar-refractivity contribution in [2.45, 2.75) is 25.4 Å². The first-order valence-corrected chi connectivity index (χ1v) is 7.80. The van der Waals surface area contributed by atoms with Gasteiger partial charge in [0.25, 0.3) is 0 Å². The lowest BCUT2D eigenvalue weighted by Crippen LogP contribution is -2.08. The quantitative estimate of drug-likeness (QED) is 0.460. The summed E-state index contributed by atoms with van der Waals surface area (Å²) < 4.78 is 57.9. The van der Waals surface area contributed by atoms with Gasteiger partial charge in [0, 0.05) is 17.3 Å². The fraction of sp³-hybridized carbons (Fsp3) is 0.312. The summed E-state index contributed by atoms with van der Waals surface area (Å²) in [6, 6.07) is 3.24. The standard InChI is InChI=1S/C16H13Cl2F4NO/c1-3-24-15-10(8(2)17)6-11(18)14(19)13(15)9-4-5-12(23-7-9)16(20,21)22/h4-8H,3H2,1-2H3. The predicted octanol–water partition coefficient (Wildman–Crippen LogP) is 6.26. The molecule has 0 fully saturated rings. The maximum Gasteiger partial charge on any atom is 0.433 e. The van der Waals surface area contributed by atoms with E-state index in [9.17, 15) is 17.6 Å². The van der Waals surface area contributed by atoms with Crippen molar-refractivity contribution in [2.75, 3.05) is 6.61 Å². The zero-order valence-electron chi connectivity index (χ0n) is 12.7. The molecular formula is C16H13Cl2F4NO. The van der Waals surface area contributed by atoms with Crippen LogP contribution in [0.15, 0.2) is 24.4 Å². The van der Waals surface area contributed by atoms with Crippen molar-refractivity contribution in [1.82, 2.24) is 4.98 Å². The molecule has 0 amide bonds. The van der Waals surface area contributed by atoms with Gasteiger partial charge in [-0.05, 0) is 26.0 Å². The molecule has 2 rings (SSSR count). The summed E-state index contributed by atoms with van der Waals surface area (Å²) in [6.07, 6.45) is -3.65. The van der Waals surface area contributed by atoms with E-state index in [1.807, 2.05) is 0 Å². The summed E-state index contributed by atoms with van der Waals surface area (Å²) >= 11 is 12.0. The van der Waals surface area contributed by atoms with Gasteiger partial charge in [-0.3, -0.25) is 4.98 Å². The SMILES string of the molecule is CCOc1c(C(C)Cl)cc(Cl)c(F)c1-c1ccc(C(F)(F)F)nc1. The van der Waals surface area contributed by atoms with Crippen LogP contribution in [-0.2, 0) is 6.18 Å². The summed E-state index contributed by atoms with van der Waals surface area (Å²) in [7, 11) is 0. The average Bonchev–Trinajstić information content (AvgIpc) is 2.50. The Morgan fingerprint density at radius 3 is 2.42 bits per heavy atom. The van der Waals surface area contributed by atoms with E-state index in [4.69, 9.17) is 27.9 Å². The van der Waals surface area contributed by atoms with Crippen LogP contribution >= 0.6 is 23.2 Å². The molecule has 24 heavy (non-hydrogen) atoms. The van der Waals surface area contributed by atoms with Crippen molar-refractivity contribution in [1.29, 1.82) is 0 Å². The van der Waals surface area contributed by atoms with Gasteiger partial charge in [-0.15, -0.1) is 11.6 Å². The molecule has 0 aliphatic heterocycles. The van der Waals surface area contributed by atoms with E-state index in [0.717, 1.165) is 18.3 Å². The summed E-state index contributed by atoms with van der Waals surface area (Å²) in [5.41, 5.74) is -0.574. The summed E-state index contributed by atoms with van der Waals surface area (Å²) in [4.78, 5) is 3.35. The number of aromatic nitrogens is 1. The molecule has 0 aliphatic rings. The van der Waals surface area contributed by atoms with Crippen LogP contribution in [0.1, 0.15) is 30.5 Å². The van der Waals surface area contributed by atoms with E-state index >= 15 is 0 Å². The van der Waals surface area contributed by atoms with E-state index in [2.05, 4.69) is 4.98 Å². The van der Waals surface area contributed by atoms with Crippen molar-refractivity contribution in [3.05, 3.63) is 46.5 Å². The molecule has 2 aromatic rings. The minimum atomic E-state index is -4.58. The highest BCUT2D eigenvalue weighted by Gasteiger charge is 2.32. The van der Waals surface area contributed by atoms with Crippen molar-refractivity contribution in [3.63, 3.8) is 0 Å². The molecule has 0 aliphatic carbocycles. The van der Waals surface area contributed by atoms with Gasteiger partial charge in [0.15, 0.2) is 5.82 Å². The third-order valence-corrected chi connectivity index (χ3v) is 3.77. The molecule has 0 spiro atoms. The van der Waals surface area contributed by atoms with Gasteiger partial charge in [-0.2, -0.15) is 13.2 Å². The van der Waals surface area contributed by atoms with E-state index in [-0.39, 0.29) is 28.5 Å². The van der Waals surface area contributed by atoms with Gasteiger partial charge in [-0.25, -0.2) is 4.39 Å². The molecule has 0 bridgehead atoms. The number of pyridine rings is 1. The first kappa shape index (κ1) is 18.8. The normalized spacial score (nSPS) is 13.0. The van der Waals surface area contributed by atoms with Crippen molar-refractivity contribution in [3.8, 4) is 16.9 Å². The number of nitrogens with zero attached hydrogens (tertiary/aromatic N) is 1. The van der Waals surface area contributed by atoms with Crippen molar-refractivity contribution < 1.29 is 22.3 Å². The average molecular weight is 382 g/mol. The van der Waals surface area contributed by atoms with Crippen LogP contribution < -0.4 is 4.74 Å². The third-order valence-electron chi connectivity index (χ3n) is 3.26. The number of ether oxygens (including phenoxy) is 1. The molecule has 1 aromatic heterocycles. The largest absolute Gasteiger partial charge is 0.493 e. The lowest BCUT2D eigenvalue weighted by molar-refractivity contribution is -0.141. The van der Waals surface area contributed by atoms with Crippen LogP contribution in [0, 0.1) is 5.82 Å². The highest BCUT2D eigenvalue weighted by atomic mass is 35.5. The lowest BCUT2D eigenvalue weighted by Gasteiger charge is -2.18. The molecule has 0 N–H and O–H groups in total. The molecule has 8 heteroatoms.